The zero-order valence-corrected chi connectivity index (χ0v) is 7.00. The number of nitrogens with one attached hydrogen (secondary N) is 1. The van der Waals surface area contributed by atoms with Crippen LogP contribution in [0, 0.1) is 5.92 Å². The maximum absolute atomic E-state index is 12.0. The average Bonchev–Trinajstić information content (AvgIpc) is 2.61. The van der Waals surface area contributed by atoms with Crippen molar-refractivity contribution in [3.05, 3.63) is 5.89 Å². The fraction of sp³-hybridized carbons (Fsp3) is 0.714. The molecule has 1 N–H and O–H groups in total. The third-order valence-corrected chi connectivity index (χ3v) is 2.05. The van der Waals surface area contributed by atoms with Gasteiger partial charge in [0.05, 0.1) is 0 Å². The maximum atomic E-state index is 12.0. The molecule has 0 saturated heterocycles. The van der Waals surface area contributed by atoms with E-state index < -0.39 is 12.3 Å². The molecule has 1 fully saturated rings. The van der Waals surface area contributed by atoms with Crippen molar-refractivity contribution in [2.75, 3.05) is 5.32 Å². The Morgan fingerprint density at radius 2 is 2.23 bits per heavy atom. The molecule has 2 atom stereocenters. The van der Waals surface area contributed by atoms with E-state index in [1.54, 1.807) is 0 Å². The monoisotopic (exact) mass is 189 g/mol. The number of hydrogen-bond donors (Lipinski definition) is 1. The van der Waals surface area contributed by atoms with Gasteiger partial charge in [-0.25, -0.2) is 0 Å². The minimum atomic E-state index is -2.69. The van der Waals surface area contributed by atoms with Crippen molar-refractivity contribution in [2.24, 2.45) is 5.92 Å². The molecule has 72 valence electrons. The van der Waals surface area contributed by atoms with Crippen molar-refractivity contribution in [1.29, 1.82) is 0 Å². The summed E-state index contributed by atoms with van der Waals surface area (Å²) in [4.78, 5) is 0. The second kappa shape index (κ2) is 2.93. The predicted octanol–water partition coefficient (Wildman–Crippen LogP) is 1.83. The van der Waals surface area contributed by atoms with E-state index >= 15 is 0 Å². The summed E-state index contributed by atoms with van der Waals surface area (Å²) in [6, 6.07) is 0.385. The van der Waals surface area contributed by atoms with Crippen LogP contribution in [0.15, 0.2) is 4.42 Å². The molecule has 0 amide bonds. The molecule has 1 aromatic heterocycles. The van der Waals surface area contributed by atoms with Gasteiger partial charge in [-0.3, -0.25) is 0 Å². The van der Waals surface area contributed by atoms with E-state index in [-0.39, 0.29) is 6.01 Å². The number of alkyl halides is 2. The van der Waals surface area contributed by atoms with Gasteiger partial charge in [0.1, 0.15) is 0 Å². The quantitative estimate of drug-likeness (QED) is 0.788. The van der Waals surface area contributed by atoms with E-state index in [4.69, 9.17) is 0 Å². The molecule has 1 saturated carbocycles. The van der Waals surface area contributed by atoms with Crippen molar-refractivity contribution in [3.8, 4) is 0 Å². The summed E-state index contributed by atoms with van der Waals surface area (Å²) in [5.41, 5.74) is 0. The Morgan fingerprint density at radius 1 is 1.54 bits per heavy atom. The molecular weight excluding hydrogens is 180 g/mol. The lowest BCUT2D eigenvalue weighted by molar-refractivity contribution is 0.116. The molecule has 13 heavy (non-hydrogen) atoms. The van der Waals surface area contributed by atoms with Gasteiger partial charge in [0.25, 0.3) is 5.89 Å². The fourth-order valence-electron chi connectivity index (χ4n) is 1.06. The van der Waals surface area contributed by atoms with Crippen LogP contribution in [-0.4, -0.2) is 16.2 Å². The van der Waals surface area contributed by atoms with E-state index in [1.165, 1.54) is 0 Å². The fourth-order valence-corrected chi connectivity index (χ4v) is 1.06. The van der Waals surface area contributed by atoms with Crippen LogP contribution in [0.1, 0.15) is 25.7 Å². The Balaban J connectivity index is 1.97. The molecule has 1 aliphatic carbocycles. The molecule has 0 bridgehead atoms. The van der Waals surface area contributed by atoms with Gasteiger partial charge >= 0.3 is 12.4 Å². The summed E-state index contributed by atoms with van der Waals surface area (Å²) < 4.78 is 28.6. The highest BCUT2D eigenvalue weighted by atomic mass is 19.3. The van der Waals surface area contributed by atoms with Crippen LogP contribution in [0.2, 0.25) is 0 Å². The van der Waals surface area contributed by atoms with Crippen LogP contribution in [0.3, 0.4) is 0 Å². The van der Waals surface area contributed by atoms with E-state index in [1.807, 2.05) is 0 Å². The maximum Gasteiger partial charge on any atom is 0.315 e. The minimum absolute atomic E-state index is 0.0876. The van der Waals surface area contributed by atoms with Gasteiger partial charge in [-0.15, -0.1) is 5.10 Å². The molecule has 2 rings (SSSR count). The van der Waals surface area contributed by atoms with Crippen LogP contribution < -0.4 is 5.32 Å². The van der Waals surface area contributed by atoms with Gasteiger partial charge in [-0.2, -0.15) is 8.78 Å². The van der Waals surface area contributed by atoms with Gasteiger partial charge in [-0.1, -0.05) is 12.0 Å². The molecule has 1 aliphatic rings. The van der Waals surface area contributed by atoms with Gasteiger partial charge < -0.3 is 9.73 Å². The summed E-state index contributed by atoms with van der Waals surface area (Å²) in [5.74, 6) is -0.0716. The molecule has 6 heteroatoms. The lowest BCUT2D eigenvalue weighted by atomic mass is 10.5. The summed E-state index contributed by atoms with van der Waals surface area (Å²) in [6.07, 6.45) is -1.67. The number of nitrogens with zero attached hydrogens (tertiary/aromatic N) is 2. The first kappa shape index (κ1) is 8.40. The van der Waals surface area contributed by atoms with Crippen molar-refractivity contribution in [1.82, 2.24) is 10.2 Å². The van der Waals surface area contributed by atoms with Crippen LogP contribution in [0.4, 0.5) is 14.8 Å². The average molecular weight is 189 g/mol. The number of rotatable bonds is 3. The van der Waals surface area contributed by atoms with E-state index in [0.29, 0.717) is 12.0 Å². The topological polar surface area (TPSA) is 51.0 Å². The number of halogens is 2. The number of anilines is 1. The normalized spacial score (nSPS) is 26.5. The Bertz CT molecular complexity index is 302. The first-order chi connectivity index (χ1) is 6.16. The van der Waals surface area contributed by atoms with Crippen LogP contribution in [0.25, 0.3) is 0 Å². The Labute approximate surface area is 73.3 Å². The Hall–Kier alpha value is -1.20. The number of aromatic nitrogens is 2. The van der Waals surface area contributed by atoms with Gasteiger partial charge in [0, 0.05) is 6.04 Å². The SMILES string of the molecule is C[C@@H]1C[C@H]1Nc1nnc(C(F)F)o1. The Morgan fingerprint density at radius 3 is 2.69 bits per heavy atom. The highest BCUT2D eigenvalue weighted by molar-refractivity contribution is 5.23. The molecule has 1 aromatic rings. The zero-order valence-electron chi connectivity index (χ0n) is 7.00. The van der Waals surface area contributed by atoms with Crippen LogP contribution in [0.5, 0.6) is 0 Å². The second-order valence-electron chi connectivity index (χ2n) is 3.21. The third-order valence-electron chi connectivity index (χ3n) is 2.05. The van der Waals surface area contributed by atoms with Crippen LogP contribution in [-0.2, 0) is 0 Å². The molecule has 0 unspecified atom stereocenters. The van der Waals surface area contributed by atoms with Gasteiger partial charge in [0.15, 0.2) is 0 Å². The molecule has 0 aliphatic heterocycles. The molecule has 0 spiro atoms. The summed E-state index contributed by atoms with van der Waals surface area (Å²) in [5, 5.41) is 9.50. The van der Waals surface area contributed by atoms with Crippen molar-refractivity contribution in [2.45, 2.75) is 25.8 Å². The summed E-state index contributed by atoms with van der Waals surface area (Å²) >= 11 is 0. The summed E-state index contributed by atoms with van der Waals surface area (Å²) in [6.45, 7) is 2.06. The Kier molecular flexibility index (Phi) is 1.90. The van der Waals surface area contributed by atoms with Gasteiger partial charge in [0.2, 0.25) is 0 Å². The second-order valence-corrected chi connectivity index (χ2v) is 3.21. The molecule has 4 nitrogen and oxygen atoms in total. The molecular formula is C7H9F2N3O. The van der Waals surface area contributed by atoms with E-state index in [0.717, 1.165) is 6.42 Å². The van der Waals surface area contributed by atoms with Crippen molar-refractivity contribution in [3.63, 3.8) is 0 Å². The largest absolute Gasteiger partial charge is 0.402 e. The summed E-state index contributed by atoms with van der Waals surface area (Å²) in [7, 11) is 0. The predicted molar refractivity (Wildman–Crippen MR) is 40.4 cm³/mol. The first-order valence-electron chi connectivity index (χ1n) is 4.05. The lowest BCUT2D eigenvalue weighted by Crippen LogP contribution is -2.03. The lowest BCUT2D eigenvalue weighted by Gasteiger charge is -1.95. The highest BCUT2D eigenvalue weighted by Gasteiger charge is 2.34. The minimum Gasteiger partial charge on any atom is -0.402 e. The number of hydrogen-bond acceptors (Lipinski definition) is 4. The third kappa shape index (κ3) is 1.76. The van der Waals surface area contributed by atoms with Gasteiger partial charge in [-0.05, 0) is 12.3 Å². The van der Waals surface area contributed by atoms with E-state index in [2.05, 4.69) is 26.9 Å². The smallest absolute Gasteiger partial charge is 0.315 e. The van der Waals surface area contributed by atoms with Crippen molar-refractivity contribution < 1.29 is 13.2 Å². The van der Waals surface area contributed by atoms with Crippen LogP contribution >= 0.6 is 0 Å². The van der Waals surface area contributed by atoms with Crippen molar-refractivity contribution >= 4 is 6.01 Å². The molecule has 0 radical (unpaired) electrons. The molecule has 1 heterocycles. The first-order valence-corrected chi connectivity index (χ1v) is 4.05. The standard InChI is InChI=1S/C7H9F2N3O/c1-3-2-4(3)10-7-12-11-6(13-7)5(8)9/h3-5H,2H2,1H3,(H,10,12)/t3-,4-/m1/s1. The zero-order chi connectivity index (χ0) is 9.42. The van der Waals surface area contributed by atoms with E-state index in [9.17, 15) is 8.78 Å². The molecule has 0 aromatic carbocycles. The highest BCUT2D eigenvalue weighted by Crippen LogP contribution is 2.32.